The van der Waals surface area contributed by atoms with Gasteiger partial charge in [0.1, 0.15) is 73.2 Å². The van der Waals surface area contributed by atoms with E-state index in [0.717, 1.165) is 0 Å². The molecule has 4 saturated heterocycles. The molecule has 14 heteroatoms. The van der Waals surface area contributed by atoms with Crippen LogP contribution < -0.4 is 0 Å². The summed E-state index contributed by atoms with van der Waals surface area (Å²) in [4.78, 5) is 4.09. The molecule has 4 aliphatic heterocycles. The standard InChI is InChI=1S/C38H56N2O12/c1-35(2)45-23-13-9-19(27(41)31(23)49-35)39(20-10-14-24-32(28(20)42)50-36(3,4)46-24)17-18-40(21-11-15-25-33(29(21)43)51-37(5,6)47-25)22-12-16-26-34(30(22)44)52-38(7,8)48-26/h9-16,19-34,41-44H,17-18H2,1-8H3/t19-,20-,21-,22-,23+,24+,25+,26+,27+,28+,29+,30+,31+,32+,33+,34+/m0/s1. The van der Waals surface area contributed by atoms with Crippen LogP contribution in [0.5, 0.6) is 0 Å². The largest absolute Gasteiger partial charge is 0.388 e. The highest BCUT2D eigenvalue weighted by Crippen LogP contribution is 2.42. The summed E-state index contributed by atoms with van der Waals surface area (Å²) in [7, 11) is 0. The molecule has 8 aliphatic rings. The van der Waals surface area contributed by atoms with E-state index < -0.39 is 121 Å². The van der Waals surface area contributed by atoms with Crippen LogP contribution in [0.4, 0.5) is 0 Å². The van der Waals surface area contributed by atoms with Crippen molar-refractivity contribution in [1.82, 2.24) is 9.80 Å². The number of fused-ring (bicyclic) bond motifs is 4. The van der Waals surface area contributed by atoms with Gasteiger partial charge in [-0.3, -0.25) is 9.80 Å². The summed E-state index contributed by atoms with van der Waals surface area (Å²) in [6.07, 6.45) is 7.13. The minimum atomic E-state index is -1.000. The van der Waals surface area contributed by atoms with Gasteiger partial charge in [-0.25, -0.2) is 0 Å². The summed E-state index contributed by atoms with van der Waals surface area (Å²) >= 11 is 0. The Morgan fingerprint density at radius 3 is 0.788 bits per heavy atom. The molecule has 0 aromatic carbocycles. The van der Waals surface area contributed by atoms with Gasteiger partial charge in [0.05, 0.1) is 24.2 Å². The Hall–Kier alpha value is -1.60. The predicted octanol–water partition coefficient (Wildman–Crippen LogP) is 0.868. The summed E-state index contributed by atoms with van der Waals surface area (Å²) < 4.78 is 49.0. The molecular weight excluding hydrogens is 676 g/mol. The first kappa shape index (κ1) is 37.3. The Morgan fingerprint density at radius 1 is 0.365 bits per heavy atom. The second-order valence-corrected chi connectivity index (χ2v) is 17.2. The fraction of sp³-hybridized carbons (Fsp3) is 0.789. The molecule has 8 rings (SSSR count). The molecule has 16 atom stereocenters. The number of aliphatic hydroxyl groups is 4. The van der Waals surface area contributed by atoms with E-state index in [1.54, 1.807) is 0 Å². The van der Waals surface area contributed by atoms with Gasteiger partial charge >= 0.3 is 0 Å². The van der Waals surface area contributed by atoms with Gasteiger partial charge in [-0.2, -0.15) is 0 Å². The first-order chi connectivity index (χ1) is 24.3. The molecule has 0 aromatic heterocycles. The maximum Gasteiger partial charge on any atom is 0.164 e. The first-order valence-corrected chi connectivity index (χ1v) is 18.7. The second kappa shape index (κ2) is 13.0. The summed E-state index contributed by atoms with van der Waals surface area (Å²) in [6, 6.07) is -2.37. The van der Waals surface area contributed by atoms with Crippen molar-refractivity contribution in [2.75, 3.05) is 13.1 Å². The maximum atomic E-state index is 11.9. The van der Waals surface area contributed by atoms with Crippen LogP contribution >= 0.6 is 0 Å². The van der Waals surface area contributed by atoms with E-state index >= 15 is 0 Å². The van der Waals surface area contributed by atoms with E-state index in [9.17, 15) is 20.4 Å². The summed E-state index contributed by atoms with van der Waals surface area (Å²) in [6.45, 7) is 15.2. The molecule has 0 bridgehead atoms. The zero-order valence-electron chi connectivity index (χ0n) is 31.2. The van der Waals surface area contributed by atoms with Crippen molar-refractivity contribution in [3.8, 4) is 0 Å². The highest BCUT2D eigenvalue weighted by molar-refractivity contribution is 5.23. The number of ether oxygens (including phenoxy) is 8. The van der Waals surface area contributed by atoms with Gasteiger partial charge in [0.25, 0.3) is 0 Å². The van der Waals surface area contributed by atoms with Crippen LogP contribution in [0.1, 0.15) is 55.4 Å². The zero-order valence-corrected chi connectivity index (χ0v) is 31.2. The van der Waals surface area contributed by atoms with E-state index in [4.69, 9.17) is 37.9 Å². The van der Waals surface area contributed by atoms with Crippen molar-refractivity contribution in [3.63, 3.8) is 0 Å². The molecule has 52 heavy (non-hydrogen) atoms. The third kappa shape index (κ3) is 6.70. The predicted molar refractivity (Wildman–Crippen MR) is 184 cm³/mol. The number of hydrogen-bond donors (Lipinski definition) is 4. The van der Waals surface area contributed by atoms with Gasteiger partial charge in [0.2, 0.25) is 0 Å². The number of aliphatic hydroxyl groups excluding tert-OH is 4. The molecule has 0 aromatic rings. The van der Waals surface area contributed by atoms with E-state index in [-0.39, 0.29) is 0 Å². The topological polar surface area (TPSA) is 161 Å². The molecule has 0 spiro atoms. The highest BCUT2D eigenvalue weighted by atomic mass is 16.8. The second-order valence-electron chi connectivity index (χ2n) is 17.2. The normalized spacial score (nSPS) is 49.0. The van der Waals surface area contributed by atoms with Gasteiger partial charge in [-0.15, -0.1) is 0 Å². The van der Waals surface area contributed by atoms with Crippen LogP contribution in [0.25, 0.3) is 0 Å². The van der Waals surface area contributed by atoms with Crippen molar-refractivity contribution in [2.24, 2.45) is 0 Å². The Kier molecular flexibility index (Phi) is 9.32. The molecule has 4 aliphatic carbocycles. The fourth-order valence-corrected chi connectivity index (χ4v) is 9.50. The summed E-state index contributed by atoms with van der Waals surface area (Å²) in [5.74, 6) is -3.50. The fourth-order valence-electron chi connectivity index (χ4n) is 9.50. The summed E-state index contributed by atoms with van der Waals surface area (Å²) in [5, 5.41) is 47.8. The van der Waals surface area contributed by atoms with E-state index in [1.807, 2.05) is 114 Å². The average Bonchev–Trinajstić information content (AvgIpc) is 3.75. The van der Waals surface area contributed by atoms with Crippen molar-refractivity contribution < 1.29 is 58.3 Å². The Bertz CT molecular complexity index is 1270. The lowest BCUT2D eigenvalue weighted by molar-refractivity contribution is -0.165. The van der Waals surface area contributed by atoms with Gasteiger partial charge < -0.3 is 58.3 Å². The monoisotopic (exact) mass is 732 g/mol. The molecule has 14 nitrogen and oxygen atoms in total. The average molecular weight is 733 g/mol. The maximum absolute atomic E-state index is 11.9. The lowest BCUT2D eigenvalue weighted by atomic mass is 9.87. The van der Waals surface area contributed by atoms with Gasteiger partial charge in [-0.05, 0) is 55.4 Å². The van der Waals surface area contributed by atoms with Crippen LogP contribution in [-0.2, 0) is 37.9 Å². The zero-order chi connectivity index (χ0) is 37.1. The quantitative estimate of drug-likeness (QED) is 0.273. The van der Waals surface area contributed by atoms with Crippen LogP contribution in [0, 0.1) is 0 Å². The van der Waals surface area contributed by atoms with Crippen molar-refractivity contribution in [3.05, 3.63) is 48.6 Å². The molecule has 4 fully saturated rings. The molecule has 0 radical (unpaired) electrons. The molecule has 290 valence electrons. The lowest BCUT2D eigenvalue weighted by Gasteiger charge is -2.48. The molecule has 4 N–H and O–H groups in total. The van der Waals surface area contributed by atoms with Crippen molar-refractivity contribution >= 4 is 0 Å². The van der Waals surface area contributed by atoms with E-state index in [2.05, 4.69) is 0 Å². The third-order valence-corrected chi connectivity index (χ3v) is 11.5. The molecule has 0 unspecified atom stereocenters. The molecule has 0 saturated carbocycles. The third-order valence-electron chi connectivity index (χ3n) is 11.5. The Balaban J connectivity index is 1.13. The van der Waals surface area contributed by atoms with E-state index in [1.165, 1.54) is 0 Å². The van der Waals surface area contributed by atoms with Crippen LogP contribution in [0.3, 0.4) is 0 Å². The minimum absolute atomic E-state index is 0.295. The van der Waals surface area contributed by atoms with Crippen LogP contribution in [0.15, 0.2) is 48.6 Å². The smallest absolute Gasteiger partial charge is 0.164 e. The van der Waals surface area contributed by atoms with Crippen LogP contribution in [-0.4, -0.2) is 164 Å². The van der Waals surface area contributed by atoms with Crippen molar-refractivity contribution in [1.29, 1.82) is 0 Å². The SMILES string of the molecule is CC1(C)O[C@H]2[C@H](O)[C@@H](N(CCN([C@H]3C=C[C@H]4OC(C)(C)O[C@H]4[C@@H]3O)[C@H]3C=C[C@H]4OC(C)(C)O[C@H]4[C@@H]3O)[C@H]3C=C[C@H]4OC(C)(C)O[C@H]4[C@@H]3O)C=C[C@H]2O1. The highest BCUT2D eigenvalue weighted by Gasteiger charge is 2.56. The van der Waals surface area contributed by atoms with Gasteiger partial charge in [-0.1, -0.05) is 48.6 Å². The molecule has 0 amide bonds. The first-order valence-electron chi connectivity index (χ1n) is 18.7. The van der Waals surface area contributed by atoms with Crippen LogP contribution in [0.2, 0.25) is 0 Å². The number of nitrogens with zero attached hydrogens (tertiary/aromatic N) is 2. The molecular formula is C38H56N2O12. The minimum Gasteiger partial charge on any atom is -0.388 e. The lowest BCUT2D eigenvalue weighted by Crippen LogP contribution is -2.64. The molecule has 4 heterocycles. The van der Waals surface area contributed by atoms with Gasteiger partial charge in [0.15, 0.2) is 23.1 Å². The number of rotatable bonds is 7. The Labute approximate surface area is 305 Å². The number of hydrogen-bond acceptors (Lipinski definition) is 14. The Morgan fingerprint density at radius 2 is 0.577 bits per heavy atom. The van der Waals surface area contributed by atoms with E-state index in [0.29, 0.717) is 13.1 Å². The summed E-state index contributed by atoms with van der Waals surface area (Å²) in [5.41, 5.74) is 0. The van der Waals surface area contributed by atoms with Crippen molar-refractivity contribution in [2.45, 2.75) is 176 Å². The van der Waals surface area contributed by atoms with Gasteiger partial charge in [0, 0.05) is 13.1 Å².